The largest absolute Gasteiger partial charge is 0.335 e. The molecule has 0 radical (unpaired) electrons. The SMILES string of the molecule is CCS(=O)(=O)N1CCC(NC(=O)Nc2ccc3ccccc3c2)CC1. The predicted molar refractivity (Wildman–Crippen MR) is 100 cm³/mol. The highest BCUT2D eigenvalue weighted by Crippen LogP contribution is 2.19. The maximum Gasteiger partial charge on any atom is 0.319 e. The van der Waals surface area contributed by atoms with Gasteiger partial charge < -0.3 is 10.6 Å². The summed E-state index contributed by atoms with van der Waals surface area (Å²) in [4.78, 5) is 12.2. The van der Waals surface area contributed by atoms with Gasteiger partial charge in [0.2, 0.25) is 10.0 Å². The normalized spacial score (nSPS) is 16.7. The van der Waals surface area contributed by atoms with Crippen LogP contribution in [0.1, 0.15) is 19.8 Å². The van der Waals surface area contributed by atoms with E-state index in [4.69, 9.17) is 0 Å². The summed E-state index contributed by atoms with van der Waals surface area (Å²) >= 11 is 0. The Balaban J connectivity index is 1.54. The van der Waals surface area contributed by atoms with E-state index in [1.54, 1.807) is 6.92 Å². The van der Waals surface area contributed by atoms with Crippen LogP contribution < -0.4 is 10.6 Å². The van der Waals surface area contributed by atoms with E-state index in [1.807, 2.05) is 42.5 Å². The van der Waals surface area contributed by atoms with Gasteiger partial charge in [0.15, 0.2) is 0 Å². The summed E-state index contributed by atoms with van der Waals surface area (Å²) in [5.74, 6) is 0.119. The molecule has 6 nitrogen and oxygen atoms in total. The Morgan fingerprint density at radius 3 is 2.48 bits per heavy atom. The van der Waals surface area contributed by atoms with Crippen LogP contribution in [0.25, 0.3) is 10.8 Å². The van der Waals surface area contributed by atoms with Crippen LogP contribution in [-0.4, -0.2) is 43.6 Å². The molecule has 3 rings (SSSR count). The zero-order chi connectivity index (χ0) is 17.9. The number of hydrogen-bond acceptors (Lipinski definition) is 3. The number of benzene rings is 2. The van der Waals surface area contributed by atoms with Gasteiger partial charge in [-0.05, 0) is 42.7 Å². The average molecular weight is 361 g/mol. The molecule has 1 aliphatic rings. The van der Waals surface area contributed by atoms with Crippen LogP contribution in [0.3, 0.4) is 0 Å². The number of amides is 2. The lowest BCUT2D eigenvalue weighted by Crippen LogP contribution is -2.47. The molecule has 2 aromatic carbocycles. The summed E-state index contributed by atoms with van der Waals surface area (Å²) < 4.78 is 25.2. The summed E-state index contributed by atoms with van der Waals surface area (Å²) in [6.07, 6.45) is 1.26. The van der Waals surface area contributed by atoms with Gasteiger partial charge >= 0.3 is 6.03 Å². The van der Waals surface area contributed by atoms with Crippen molar-refractivity contribution in [2.45, 2.75) is 25.8 Å². The van der Waals surface area contributed by atoms with Gasteiger partial charge in [-0.1, -0.05) is 30.3 Å². The Bertz CT molecular complexity index is 859. The summed E-state index contributed by atoms with van der Waals surface area (Å²) in [6, 6.07) is 13.5. The van der Waals surface area contributed by atoms with E-state index in [-0.39, 0.29) is 17.8 Å². The average Bonchev–Trinajstić information content (AvgIpc) is 2.62. The van der Waals surface area contributed by atoms with Crippen LogP contribution in [0.15, 0.2) is 42.5 Å². The Kier molecular flexibility index (Phi) is 5.24. The van der Waals surface area contributed by atoms with E-state index >= 15 is 0 Å². The van der Waals surface area contributed by atoms with Crippen LogP contribution in [0.5, 0.6) is 0 Å². The van der Waals surface area contributed by atoms with Gasteiger partial charge in [-0.2, -0.15) is 0 Å². The van der Waals surface area contributed by atoms with Gasteiger partial charge in [0, 0.05) is 24.8 Å². The van der Waals surface area contributed by atoms with Crippen LogP contribution in [0, 0.1) is 0 Å². The van der Waals surface area contributed by atoms with Crippen molar-refractivity contribution in [2.75, 3.05) is 24.2 Å². The molecule has 0 bridgehead atoms. The molecule has 7 heteroatoms. The maximum absolute atomic E-state index is 12.2. The van der Waals surface area contributed by atoms with E-state index in [0.29, 0.717) is 25.9 Å². The van der Waals surface area contributed by atoms with Crippen molar-refractivity contribution in [1.29, 1.82) is 0 Å². The van der Waals surface area contributed by atoms with Crippen molar-refractivity contribution in [3.63, 3.8) is 0 Å². The first-order valence-corrected chi connectivity index (χ1v) is 10.1. The number of anilines is 1. The second-order valence-electron chi connectivity index (χ2n) is 6.23. The third kappa shape index (κ3) is 4.29. The molecule has 0 aliphatic carbocycles. The maximum atomic E-state index is 12.2. The third-order valence-corrected chi connectivity index (χ3v) is 6.44. The molecular weight excluding hydrogens is 338 g/mol. The van der Waals surface area contributed by atoms with E-state index < -0.39 is 10.0 Å². The standard InChI is InChI=1S/C18H23N3O3S/c1-2-25(23,24)21-11-9-16(10-12-21)19-18(22)20-17-8-7-14-5-3-4-6-15(14)13-17/h3-8,13,16H,2,9-12H2,1H3,(H2,19,20,22). The van der Waals surface area contributed by atoms with Crippen molar-refractivity contribution in [2.24, 2.45) is 0 Å². The first kappa shape index (κ1) is 17.7. The van der Waals surface area contributed by atoms with Crippen LogP contribution in [0.4, 0.5) is 10.5 Å². The zero-order valence-corrected chi connectivity index (χ0v) is 15.1. The lowest BCUT2D eigenvalue weighted by molar-refractivity contribution is 0.238. The molecular formula is C18H23N3O3S. The second kappa shape index (κ2) is 7.41. The molecule has 2 aromatic rings. The van der Waals surface area contributed by atoms with Crippen LogP contribution >= 0.6 is 0 Å². The molecule has 2 amide bonds. The molecule has 0 saturated carbocycles. The van der Waals surface area contributed by atoms with Gasteiger partial charge in [0.1, 0.15) is 0 Å². The predicted octanol–water partition coefficient (Wildman–Crippen LogP) is 2.78. The van der Waals surface area contributed by atoms with Gasteiger partial charge in [-0.25, -0.2) is 17.5 Å². The molecule has 2 N–H and O–H groups in total. The summed E-state index contributed by atoms with van der Waals surface area (Å²) in [7, 11) is -3.14. The summed E-state index contributed by atoms with van der Waals surface area (Å²) in [5.41, 5.74) is 0.738. The fourth-order valence-electron chi connectivity index (χ4n) is 3.08. The van der Waals surface area contributed by atoms with E-state index in [0.717, 1.165) is 16.5 Å². The Labute approximate surface area is 148 Å². The number of hydrogen-bond donors (Lipinski definition) is 2. The highest BCUT2D eigenvalue weighted by molar-refractivity contribution is 7.89. The summed E-state index contributed by atoms with van der Waals surface area (Å²) in [5, 5.41) is 7.98. The monoisotopic (exact) mass is 361 g/mol. The second-order valence-corrected chi connectivity index (χ2v) is 8.49. The van der Waals surface area contributed by atoms with Gasteiger partial charge in [-0.3, -0.25) is 0 Å². The number of sulfonamides is 1. The minimum absolute atomic E-state index is 0.0104. The fourth-order valence-corrected chi connectivity index (χ4v) is 4.21. The zero-order valence-electron chi connectivity index (χ0n) is 14.2. The summed E-state index contributed by atoms with van der Waals surface area (Å²) in [6.45, 7) is 2.56. The molecule has 1 saturated heterocycles. The quantitative estimate of drug-likeness (QED) is 0.879. The minimum Gasteiger partial charge on any atom is -0.335 e. The third-order valence-electron chi connectivity index (χ3n) is 4.55. The Morgan fingerprint density at radius 1 is 1.12 bits per heavy atom. The van der Waals surface area contributed by atoms with E-state index in [9.17, 15) is 13.2 Å². The number of carbonyl (C=O) groups excluding carboxylic acids is 1. The van der Waals surface area contributed by atoms with Crippen molar-refractivity contribution in [1.82, 2.24) is 9.62 Å². The minimum atomic E-state index is -3.14. The van der Waals surface area contributed by atoms with Crippen LogP contribution in [-0.2, 0) is 10.0 Å². The van der Waals surface area contributed by atoms with Gasteiger partial charge in [0.25, 0.3) is 0 Å². The molecule has 1 fully saturated rings. The highest BCUT2D eigenvalue weighted by Gasteiger charge is 2.27. The lowest BCUT2D eigenvalue weighted by Gasteiger charge is -2.31. The number of fused-ring (bicyclic) bond motifs is 1. The molecule has 0 aromatic heterocycles. The number of rotatable bonds is 4. The Hall–Kier alpha value is -2.12. The first-order valence-electron chi connectivity index (χ1n) is 8.52. The first-order chi connectivity index (χ1) is 12.0. The topological polar surface area (TPSA) is 78.5 Å². The molecule has 1 aliphatic heterocycles. The molecule has 134 valence electrons. The van der Waals surface area contributed by atoms with Crippen molar-refractivity contribution in [3.8, 4) is 0 Å². The van der Waals surface area contributed by atoms with E-state index in [2.05, 4.69) is 10.6 Å². The highest BCUT2D eigenvalue weighted by atomic mass is 32.2. The molecule has 0 spiro atoms. The van der Waals surface area contributed by atoms with Gasteiger partial charge in [-0.15, -0.1) is 0 Å². The molecule has 1 heterocycles. The smallest absolute Gasteiger partial charge is 0.319 e. The lowest BCUT2D eigenvalue weighted by atomic mass is 10.1. The van der Waals surface area contributed by atoms with Crippen LogP contribution in [0.2, 0.25) is 0 Å². The van der Waals surface area contributed by atoms with Crippen molar-refractivity contribution in [3.05, 3.63) is 42.5 Å². The number of nitrogens with zero attached hydrogens (tertiary/aromatic N) is 1. The number of nitrogens with one attached hydrogen (secondary N) is 2. The number of piperidine rings is 1. The van der Waals surface area contributed by atoms with E-state index in [1.165, 1.54) is 4.31 Å². The number of carbonyl (C=O) groups is 1. The van der Waals surface area contributed by atoms with Gasteiger partial charge in [0.05, 0.1) is 5.75 Å². The Morgan fingerprint density at radius 2 is 1.80 bits per heavy atom. The van der Waals surface area contributed by atoms with Crippen molar-refractivity contribution >= 4 is 32.5 Å². The number of urea groups is 1. The van der Waals surface area contributed by atoms with Crippen molar-refractivity contribution < 1.29 is 13.2 Å². The molecule has 0 atom stereocenters. The fraction of sp³-hybridized carbons (Fsp3) is 0.389. The molecule has 0 unspecified atom stereocenters. The molecule has 25 heavy (non-hydrogen) atoms.